The Labute approximate surface area is 259 Å². The number of nitrogens with one attached hydrogen (secondary N) is 3. The SMILES string of the molecule is CC(C)C[C@H]1NC(=O)c2cc(on2)CN(C(=O)c2ccncc2)CCNC(=O)Cn2nc(-c3ccccc3)nc2[C@H](C)NC1=O. The molecule has 4 heterocycles. The lowest BCUT2D eigenvalue weighted by molar-refractivity contribution is -0.124. The highest BCUT2D eigenvalue weighted by Gasteiger charge is 2.28. The Hall–Kier alpha value is -5.40. The van der Waals surface area contributed by atoms with Crippen molar-refractivity contribution in [2.75, 3.05) is 13.1 Å². The van der Waals surface area contributed by atoms with Crippen molar-refractivity contribution >= 4 is 23.6 Å². The van der Waals surface area contributed by atoms with Crippen LogP contribution in [-0.4, -0.2) is 72.6 Å². The van der Waals surface area contributed by atoms with Gasteiger partial charge in [-0.05, 0) is 31.4 Å². The summed E-state index contributed by atoms with van der Waals surface area (Å²) < 4.78 is 6.86. The zero-order valence-electron chi connectivity index (χ0n) is 25.3. The molecule has 0 saturated carbocycles. The minimum atomic E-state index is -0.892. The molecule has 1 aromatic carbocycles. The van der Waals surface area contributed by atoms with Gasteiger partial charge in [0.2, 0.25) is 11.8 Å². The molecule has 0 unspecified atom stereocenters. The van der Waals surface area contributed by atoms with E-state index in [1.54, 1.807) is 19.1 Å². The van der Waals surface area contributed by atoms with Crippen LogP contribution in [-0.2, 0) is 22.7 Å². The van der Waals surface area contributed by atoms with Crippen molar-refractivity contribution < 1.29 is 23.7 Å². The number of hydrogen-bond acceptors (Lipinski definition) is 9. The van der Waals surface area contributed by atoms with E-state index in [-0.39, 0.29) is 55.4 Å². The summed E-state index contributed by atoms with van der Waals surface area (Å²) in [7, 11) is 0. The monoisotopic (exact) mass is 613 g/mol. The normalized spacial score (nSPS) is 18.3. The molecule has 4 aromatic rings. The lowest BCUT2D eigenvalue weighted by atomic mass is 10.0. The highest BCUT2D eigenvalue weighted by molar-refractivity contribution is 5.96. The van der Waals surface area contributed by atoms with Gasteiger partial charge in [-0.2, -0.15) is 5.10 Å². The maximum Gasteiger partial charge on any atom is 0.274 e. The smallest absolute Gasteiger partial charge is 0.274 e. The molecule has 2 bridgehead atoms. The second-order valence-electron chi connectivity index (χ2n) is 11.2. The van der Waals surface area contributed by atoms with Crippen LogP contribution in [0.5, 0.6) is 0 Å². The number of amides is 4. The van der Waals surface area contributed by atoms with Crippen molar-refractivity contribution in [2.24, 2.45) is 5.92 Å². The van der Waals surface area contributed by atoms with Gasteiger partial charge in [0, 0.05) is 42.7 Å². The first-order valence-electron chi connectivity index (χ1n) is 14.7. The van der Waals surface area contributed by atoms with E-state index in [1.807, 2.05) is 44.2 Å². The third kappa shape index (κ3) is 7.77. The molecule has 0 spiro atoms. The third-order valence-corrected chi connectivity index (χ3v) is 7.16. The lowest BCUT2D eigenvalue weighted by Gasteiger charge is -2.23. The van der Waals surface area contributed by atoms with Gasteiger partial charge in [-0.1, -0.05) is 49.3 Å². The number of benzene rings is 1. The maximum atomic E-state index is 13.5. The van der Waals surface area contributed by atoms with E-state index in [4.69, 9.17) is 4.52 Å². The molecule has 2 atom stereocenters. The number of nitrogens with zero attached hydrogens (tertiary/aromatic N) is 6. The summed E-state index contributed by atoms with van der Waals surface area (Å²) in [5.74, 6) is -0.601. The fourth-order valence-corrected chi connectivity index (χ4v) is 4.95. The van der Waals surface area contributed by atoms with E-state index in [1.165, 1.54) is 28.0 Å². The predicted molar refractivity (Wildman–Crippen MR) is 161 cm³/mol. The second-order valence-corrected chi connectivity index (χ2v) is 11.2. The zero-order chi connectivity index (χ0) is 31.9. The molecule has 1 aliphatic heterocycles. The summed E-state index contributed by atoms with van der Waals surface area (Å²) in [5, 5.41) is 17.0. The van der Waals surface area contributed by atoms with Crippen LogP contribution in [0.3, 0.4) is 0 Å². The van der Waals surface area contributed by atoms with Gasteiger partial charge >= 0.3 is 0 Å². The van der Waals surface area contributed by atoms with Crippen LogP contribution in [0.25, 0.3) is 11.4 Å². The highest BCUT2D eigenvalue weighted by Crippen LogP contribution is 2.20. The summed E-state index contributed by atoms with van der Waals surface area (Å²) in [6.45, 7) is 5.69. The van der Waals surface area contributed by atoms with E-state index in [0.29, 0.717) is 23.6 Å². The van der Waals surface area contributed by atoms with Gasteiger partial charge in [0.05, 0.1) is 12.6 Å². The van der Waals surface area contributed by atoms with Gasteiger partial charge in [0.15, 0.2) is 17.3 Å². The van der Waals surface area contributed by atoms with Crippen LogP contribution in [0.4, 0.5) is 0 Å². The maximum absolute atomic E-state index is 13.5. The largest absolute Gasteiger partial charge is 0.359 e. The highest BCUT2D eigenvalue weighted by atomic mass is 16.5. The van der Waals surface area contributed by atoms with Crippen molar-refractivity contribution in [3.05, 3.63) is 83.8 Å². The number of pyridine rings is 1. The Bertz CT molecular complexity index is 1650. The number of rotatable bonds is 4. The average Bonchev–Trinajstić information content (AvgIpc) is 3.68. The number of fused-ring (bicyclic) bond motifs is 3. The summed E-state index contributed by atoms with van der Waals surface area (Å²) in [5.41, 5.74) is 1.11. The Kier molecular flexibility index (Phi) is 9.61. The quantitative estimate of drug-likeness (QED) is 0.311. The van der Waals surface area contributed by atoms with Gasteiger partial charge in [-0.25, -0.2) is 9.67 Å². The van der Waals surface area contributed by atoms with Gasteiger partial charge < -0.3 is 25.4 Å². The van der Waals surface area contributed by atoms with E-state index >= 15 is 0 Å². The molecule has 0 saturated heterocycles. The first kappa shape index (κ1) is 31.0. The Balaban J connectivity index is 1.48. The van der Waals surface area contributed by atoms with Gasteiger partial charge in [0.1, 0.15) is 18.4 Å². The Morgan fingerprint density at radius 2 is 1.80 bits per heavy atom. The minimum Gasteiger partial charge on any atom is -0.359 e. The summed E-state index contributed by atoms with van der Waals surface area (Å²) >= 11 is 0. The molecule has 3 N–H and O–H groups in total. The first-order valence-corrected chi connectivity index (χ1v) is 14.7. The van der Waals surface area contributed by atoms with Crippen LogP contribution in [0.15, 0.2) is 65.4 Å². The standard InChI is InChI=1S/C31H35N9O5/c1-19(2)15-24-29(42)34-20(3)28-36-27(21-7-5-4-6-8-21)37-40(28)18-26(41)33-13-14-39(31(44)22-9-11-32-12-10-22)17-23-16-25(38-45-23)30(43)35-24/h4-12,16,19-20,24H,13-15,17-18H2,1-3H3,(H,33,41)(H,34,42)(H,35,43)/t20-,24+/m0/s1. The van der Waals surface area contributed by atoms with Gasteiger partial charge in [-0.15, -0.1) is 0 Å². The molecule has 234 valence electrons. The molecule has 5 rings (SSSR count). The fraction of sp³-hybridized carbons (Fsp3) is 0.355. The molecular weight excluding hydrogens is 578 g/mol. The van der Waals surface area contributed by atoms with Crippen LogP contribution in [0.2, 0.25) is 0 Å². The van der Waals surface area contributed by atoms with E-state index in [0.717, 1.165) is 5.56 Å². The topological polar surface area (TPSA) is 177 Å². The molecule has 0 fully saturated rings. The lowest BCUT2D eigenvalue weighted by Crippen LogP contribution is -2.48. The van der Waals surface area contributed by atoms with E-state index in [9.17, 15) is 19.2 Å². The van der Waals surface area contributed by atoms with Crippen molar-refractivity contribution in [1.82, 2.24) is 45.8 Å². The predicted octanol–water partition coefficient (Wildman–Crippen LogP) is 2.12. The zero-order valence-corrected chi connectivity index (χ0v) is 25.3. The Morgan fingerprint density at radius 3 is 2.53 bits per heavy atom. The van der Waals surface area contributed by atoms with Crippen molar-refractivity contribution in [3.8, 4) is 11.4 Å². The van der Waals surface area contributed by atoms with Crippen LogP contribution in [0.1, 0.15) is 65.7 Å². The molecule has 14 heteroatoms. The van der Waals surface area contributed by atoms with Gasteiger partial charge in [0.25, 0.3) is 11.8 Å². The number of hydrogen-bond donors (Lipinski definition) is 3. The van der Waals surface area contributed by atoms with Crippen molar-refractivity contribution in [1.29, 1.82) is 0 Å². The summed E-state index contributed by atoms with van der Waals surface area (Å²) in [6, 6.07) is 12.4. The van der Waals surface area contributed by atoms with E-state index < -0.39 is 23.9 Å². The molecule has 3 aromatic heterocycles. The summed E-state index contributed by atoms with van der Waals surface area (Å²) in [6.07, 6.45) is 3.38. The molecule has 1 aliphatic rings. The number of carbonyl (C=O) groups is 4. The van der Waals surface area contributed by atoms with Gasteiger partial charge in [-0.3, -0.25) is 24.2 Å². The van der Waals surface area contributed by atoms with E-state index in [2.05, 4.69) is 36.2 Å². The first-order chi connectivity index (χ1) is 21.7. The third-order valence-electron chi connectivity index (χ3n) is 7.16. The Morgan fingerprint density at radius 1 is 1.04 bits per heavy atom. The van der Waals surface area contributed by atoms with Crippen molar-refractivity contribution in [3.63, 3.8) is 0 Å². The minimum absolute atomic E-state index is 0.0155. The van der Waals surface area contributed by atoms with Crippen molar-refractivity contribution in [2.45, 2.75) is 52.4 Å². The molecule has 14 nitrogen and oxygen atoms in total. The summed E-state index contributed by atoms with van der Waals surface area (Å²) in [4.78, 5) is 63.4. The molecule has 0 radical (unpaired) electrons. The molecular formula is C31H35N9O5. The molecule has 4 amide bonds. The second kappa shape index (κ2) is 13.9. The fourth-order valence-electron chi connectivity index (χ4n) is 4.95. The number of carbonyl (C=O) groups excluding carboxylic acids is 4. The molecule has 0 aliphatic carbocycles. The van der Waals surface area contributed by atoms with Crippen LogP contribution >= 0.6 is 0 Å². The average molecular weight is 614 g/mol. The van der Waals surface area contributed by atoms with Crippen LogP contribution < -0.4 is 16.0 Å². The van der Waals surface area contributed by atoms with Crippen LogP contribution in [0, 0.1) is 5.92 Å². The number of aromatic nitrogens is 5. The molecule has 45 heavy (non-hydrogen) atoms.